The first-order chi connectivity index (χ1) is 12.7. The van der Waals surface area contributed by atoms with Gasteiger partial charge in [0.1, 0.15) is 0 Å². The second-order valence-electron chi connectivity index (χ2n) is 8.55. The summed E-state index contributed by atoms with van der Waals surface area (Å²) in [6.45, 7) is 18.2. The Labute approximate surface area is 181 Å². The van der Waals surface area contributed by atoms with E-state index in [9.17, 15) is 0 Å². The van der Waals surface area contributed by atoms with Crippen molar-refractivity contribution in [3.8, 4) is 0 Å². The molecule has 27 heavy (non-hydrogen) atoms. The van der Waals surface area contributed by atoms with Crippen molar-refractivity contribution in [3.05, 3.63) is 58.1 Å². The predicted octanol–water partition coefficient (Wildman–Crippen LogP) is 5.64. The predicted molar refractivity (Wildman–Crippen MR) is 120 cm³/mol. The average Bonchev–Trinajstić information content (AvgIpc) is 2.94. The van der Waals surface area contributed by atoms with Gasteiger partial charge >= 0.3 is 182 Å². The van der Waals surface area contributed by atoms with E-state index >= 15 is 0 Å². The van der Waals surface area contributed by atoms with Gasteiger partial charge < -0.3 is 0 Å². The second kappa shape index (κ2) is 8.12. The standard InChI is InChI=1S/C24H33N2.Po/c1-16(2)21-9-8-10-22(17(3)4)24(21)26-12-11-25(15-26)23-19(6)13-18(5)14-20(23)7;/h8-10,13-17H,11-12H2,1-7H3;. The molecular weight excluding hydrogens is 525 g/mol. The molecule has 3 heteroatoms. The van der Waals surface area contributed by atoms with Gasteiger partial charge in [-0.05, 0) is 0 Å². The molecule has 0 bridgehead atoms. The first-order valence-corrected chi connectivity index (χ1v) is 11.9. The van der Waals surface area contributed by atoms with Crippen LogP contribution in [0.1, 0.15) is 67.3 Å². The normalized spacial score (nSPS) is 17.5. The summed E-state index contributed by atoms with van der Waals surface area (Å²) in [5, 5.41) is 0. The van der Waals surface area contributed by atoms with Crippen molar-refractivity contribution in [1.29, 1.82) is 0 Å². The Hall–Kier alpha value is -1.06. The molecule has 1 aliphatic heterocycles. The number of nitrogens with zero attached hydrogens (tertiary/aromatic N) is 2. The molecule has 0 spiro atoms. The number of rotatable bonds is 4. The van der Waals surface area contributed by atoms with Crippen LogP contribution in [0.4, 0.5) is 11.4 Å². The maximum absolute atomic E-state index is 2.68. The Balaban J connectivity index is 2.05. The zero-order valence-corrected chi connectivity index (χ0v) is 21.0. The van der Waals surface area contributed by atoms with Crippen molar-refractivity contribution >= 4 is 36.4 Å². The van der Waals surface area contributed by atoms with E-state index in [2.05, 4.69) is 88.6 Å². The molecule has 2 aromatic rings. The third-order valence-corrected chi connectivity index (χ3v) is 7.65. The van der Waals surface area contributed by atoms with Crippen LogP contribution >= 0.6 is 0 Å². The summed E-state index contributed by atoms with van der Waals surface area (Å²) in [6, 6.07) is 11.6. The van der Waals surface area contributed by atoms with E-state index in [0.717, 1.165) is 13.1 Å². The second-order valence-corrected chi connectivity index (χ2v) is 10.2. The van der Waals surface area contributed by atoms with Gasteiger partial charge in [0.2, 0.25) is 0 Å². The van der Waals surface area contributed by atoms with Gasteiger partial charge in [-0.3, -0.25) is 0 Å². The van der Waals surface area contributed by atoms with Crippen molar-refractivity contribution in [2.45, 2.75) is 64.1 Å². The van der Waals surface area contributed by atoms with Gasteiger partial charge in [-0.15, -0.1) is 0 Å². The molecular formula is C24H33N2Po. The number of para-hydroxylation sites is 1. The van der Waals surface area contributed by atoms with Crippen LogP contribution in [0.2, 0.25) is 0 Å². The van der Waals surface area contributed by atoms with Gasteiger partial charge in [0, 0.05) is 0 Å². The van der Waals surface area contributed by atoms with Crippen LogP contribution in [0, 0.1) is 20.8 Å². The monoisotopic (exact) mass is 558 g/mol. The molecule has 145 valence electrons. The summed E-state index contributed by atoms with van der Waals surface area (Å²) in [7, 11) is 0. The van der Waals surface area contributed by atoms with Gasteiger partial charge in [-0.2, -0.15) is 0 Å². The molecule has 1 radical (unpaired) electrons. The number of hydrogen-bond acceptors (Lipinski definition) is 2. The van der Waals surface area contributed by atoms with Crippen LogP contribution in [-0.4, -0.2) is 42.0 Å². The summed E-state index contributed by atoms with van der Waals surface area (Å²) < 4.78 is 0.447. The summed E-state index contributed by atoms with van der Waals surface area (Å²) >= 11 is 1.62. The Morgan fingerprint density at radius 3 is 1.70 bits per heavy atom. The van der Waals surface area contributed by atoms with E-state index < -0.39 is 0 Å². The molecule has 1 aliphatic rings. The summed E-state index contributed by atoms with van der Waals surface area (Å²) in [6.07, 6.45) is 0. The molecule has 1 unspecified atom stereocenters. The Kier molecular flexibility index (Phi) is 6.22. The first kappa shape index (κ1) is 20.7. The minimum atomic E-state index is 0.447. The Bertz CT molecular complexity index is 776. The molecule has 1 atom stereocenters. The zero-order chi connectivity index (χ0) is 19.9. The van der Waals surface area contributed by atoms with Crippen molar-refractivity contribution in [1.82, 2.24) is 0 Å². The molecule has 0 saturated carbocycles. The SMILES string of the molecule is Cc1cc(C)c(N2CCN(c3c(C(C)C)cccc3C(C)C)[CH]2[Po])c(C)c1. The molecule has 1 saturated heterocycles. The van der Waals surface area contributed by atoms with Crippen LogP contribution < -0.4 is 9.80 Å². The third-order valence-electron chi connectivity index (χ3n) is 5.67. The summed E-state index contributed by atoms with van der Waals surface area (Å²) in [5.74, 6) is 1.08. The van der Waals surface area contributed by atoms with E-state index in [-0.39, 0.29) is 0 Å². The number of benzene rings is 2. The van der Waals surface area contributed by atoms with Crippen LogP contribution in [-0.2, 0) is 0 Å². The molecule has 0 amide bonds. The fraction of sp³-hybridized carbons (Fsp3) is 0.500. The first-order valence-electron chi connectivity index (χ1n) is 10.1. The van der Waals surface area contributed by atoms with Crippen LogP contribution in [0.15, 0.2) is 30.3 Å². The molecule has 0 aromatic heterocycles. The maximum atomic E-state index is 2.68. The van der Waals surface area contributed by atoms with Crippen molar-refractivity contribution in [2.24, 2.45) is 0 Å². The van der Waals surface area contributed by atoms with Crippen molar-refractivity contribution in [3.63, 3.8) is 0 Å². The fourth-order valence-electron chi connectivity index (χ4n) is 4.52. The topological polar surface area (TPSA) is 6.48 Å². The van der Waals surface area contributed by atoms with E-state index in [1.54, 1.807) is 25.1 Å². The van der Waals surface area contributed by atoms with E-state index in [1.165, 1.54) is 39.2 Å². The minimum absolute atomic E-state index is 0.447. The molecule has 2 aromatic carbocycles. The zero-order valence-electron chi connectivity index (χ0n) is 17.8. The summed E-state index contributed by atoms with van der Waals surface area (Å²) in [5.41, 5.74) is 10.1. The van der Waals surface area contributed by atoms with Gasteiger partial charge in [0.15, 0.2) is 0 Å². The molecule has 0 aliphatic carbocycles. The van der Waals surface area contributed by atoms with Crippen LogP contribution in [0.3, 0.4) is 0 Å². The van der Waals surface area contributed by atoms with Crippen molar-refractivity contribution in [2.75, 3.05) is 22.9 Å². The Morgan fingerprint density at radius 2 is 1.26 bits per heavy atom. The van der Waals surface area contributed by atoms with Crippen LogP contribution in [0.5, 0.6) is 0 Å². The van der Waals surface area contributed by atoms with Crippen LogP contribution in [0.25, 0.3) is 0 Å². The fourth-order valence-corrected chi connectivity index (χ4v) is 6.16. The van der Waals surface area contributed by atoms with Gasteiger partial charge in [0.25, 0.3) is 0 Å². The van der Waals surface area contributed by atoms with E-state index in [4.69, 9.17) is 0 Å². The number of hydrogen-bond donors (Lipinski definition) is 0. The quantitative estimate of drug-likeness (QED) is 0.480. The molecule has 2 nitrogen and oxygen atoms in total. The Morgan fingerprint density at radius 1 is 0.815 bits per heavy atom. The average molecular weight is 559 g/mol. The number of aryl methyl sites for hydroxylation is 3. The van der Waals surface area contributed by atoms with Gasteiger partial charge in [-0.25, -0.2) is 0 Å². The van der Waals surface area contributed by atoms with Gasteiger partial charge in [-0.1, -0.05) is 0 Å². The third kappa shape index (κ3) is 3.91. The number of anilines is 2. The summed E-state index contributed by atoms with van der Waals surface area (Å²) in [4.78, 5) is 5.32. The van der Waals surface area contributed by atoms with E-state index in [1.807, 2.05) is 0 Å². The molecule has 1 fully saturated rings. The van der Waals surface area contributed by atoms with E-state index in [0.29, 0.717) is 15.7 Å². The van der Waals surface area contributed by atoms with Gasteiger partial charge in [0.05, 0.1) is 0 Å². The van der Waals surface area contributed by atoms with Crippen molar-refractivity contribution < 1.29 is 0 Å². The molecule has 0 N–H and O–H groups in total. The molecule has 3 rings (SSSR count). The molecule has 1 heterocycles.